The zero-order chi connectivity index (χ0) is 12.4. The van der Waals surface area contributed by atoms with E-state index in [0.717, 1.165) is 16.7 Å². The molecule has 0 aliphatic heterocycles. The van der Waals surface area contributed by atoms with Crippen LogP contribution in [0.25, 0.3) is 11.1 Å². The third kappa shape index (κ3) is 2.65. The average Bonchev–Trinajstić information content (AvgIpc) is 2.31. The van der Waals surface area contributed by atoms with Gasteiger partial charge in [-0.05, 0) is 42.3 Å². The molecular formula is C14H13ClFN. The molecule has 0 radical (unpaired) electrons. The van der Waals surface area contributed by atoms with Gasteiger partial charge in [0.05, 0.1) is 0 Å². The summed E-state index contributed by atoms with van der Waals surface area (Å²) in [4.78, 5) is 0. The molecule has 0 bridgehead atoms. The minimum Gasteiger partial charge on any atom is -0.326 e. The lowest BCUT2D eigenvalue weighted by molar-refractivity contribution is 0.628. The first-order chi connectivity index (χ1) is 8.10. The quantitative estimate of drug-likeness (QED) is 0.858. The number of aryl methyl sites for hydroxylation is 1. The molecule has 2 aromatic rings. The van der Waals surface area contributed by atoms with Crippen molar-refractivity contribution in [3.63, 3.8) is 0 Å². The average molecular weight is 250 g/mol. The lowest BCUT2D eigenvalue weighted by Gasteiger charge is -2.08. The van der Waals surface area contributed by atoms with Gasteiger partial charge in [0.1, 0.15) is 5.82 Å². The van der Waals surface area contributed by atoms with Gasteiger partial charge in [0, 0.05) is 17.1 Å². The second-order valence-electron chi connectivity index (χ2n) is 4.04. The third-order valence-corrected chi connectivity index (χ3v) is 2.94. The second kappa shape index (κ2) is 4.86. The maximum atomic E-state index is 13.2. The molecule has 0 heterocycles. The number of rotatable bonds is 2. The molecule has 2 rings (SSSR count). The molecule has 0 fully saturated rings. The Morgan fingerprint density at radius 2 is 1.94 bits per heavy atom. The van der Waals surface area contributed by atoms with Gasteiger partial charge in [-0.25, -0.2) is 4.39 Å². The van der Waals surface area contributed by atoms with Crippen LogP contribution in [-0.4, -0.2) is 0 Å². The lowest BCUT2D eigenvalue weighted by Crippen LogP contribution is -1.97. The van der Waals surface area contributed by atoms with Crippen molar-refractivity contribution in [1.82, 2.24) is 0 Å². The van der Waals surface area contributed by atoms with Gasteiger partial charge in [0.25, 0.3) is 0 Å². The van der Waals surface area contributed by atoms with Crippen molar-refractivity contribution < 1.29 is 4.39 Å². The second-order valence-corrected chi connectivity index (χ2v) is 4.44. The first-order valence-corrected chi connectivity index (χ1v) is 5.74. The molecule has 0 aliphatic carbocycles. The first-order valence-electron chi connectivity index (χ1n) is 5.36. The van der Waals surface area contributed by atoms with Crippen LogP contribution in [-0.2, 0) is 6.54 Å². The molecule has 2 aromatic carbocycles. The van der Waals surface area contributed by atoms with Crippen LogP contribution < -0.4 is 5.73 Å². The Morgan fingerprint density at radius 3 is 2.65 bits per heavy atom. The summed E-state index contributed by atoms with van der Waals surface area (Å²) in [6.45, 7) is 2.44. The Kier molecular flexibility index (Phi) is 3.46. The first kappa shape index (κ1) is 12.1. The van der Waals surface area contributed by atoms with Crippen LogP contribution in [0.2, 0.25) is 5.02 Å². The zero-order valence-corrected chi connectivity index (χ0v) is 10.3. The third-order valence-electron chi connectivity index (χ3n) is 2.61. The highest BCUT2D eigenvalue weighted by atomic mass is 35.5. The molecule has 0 saturated heterocycles. The molecule has 0 atom stereocenters. The van der Waals surface area contributed by atoms with Gasteiger partial charge in [-0.1, -0.05) is 29.3 Å². The fourth-order valence-corrected chi connectivity index (χ4v) is 2.08. The standard InChI is InChI=1S/C14H13ClFN/c1-9-4-10(8-17)6-11(5-9)13-7-12(16)2-3-14(13)15/h2-7H,8,17H2,1H3. The van der Waals surface area contributed by atoms with Crippen molar-refractivity contribution in [1.29, 1.82) is 0 Å². The van der Waals surface area contributed by atoms with Gasteiger partial charge in [0.15, 0.2) is 0 Å². The van der Waals surface area contributed by atoms with Crippen LogP contribution in [0.3, 0.4) is 0 Å². The summed E-state index contributed by atoms with van der Waals surface area (Å²) in [5.74, 6) is -0.291. The Balaban J connectivity index is 2.59. The molecule has 3 heteroatoms. The van der Waals surface area contributed by atoms with E-state index < -0.39 is 0 Å². The van der Waals surface area contributed by atoms with Gasteiger partial charge in [-0.15, -0.1) is 0 Å². The van der Waals surface area contributed by atoms with Crippen LogP contribution in [0.4, 0.5) is 4.39 Å². The molecule has 0 unspecified atom stereocenters. The zero-order valence-electron chi connectivity index (χ0n) is 9.50. The summed E-state index contributed by atoms with van der Waals surface area (Å²) >= 11 is 6.08. The van der Waals surface area contributed by atoms with E-state index in [0.29, 0.717) is 17.1 Å². The molecule has 88 valence electrons. The van der Waals surface area contributed by atoms with Crippen LogP contribution in [0.5, 0.6) is 0 Å². The van der Waals surface area contributed by atoms with E-state index in [4.69, 9.17) is 17.3 Å². The van der Waals surface area contributed by atoms with Crippen molar-refractivity contribution in [2.24, 2.45) is 5.73 Å². The van der Waals surface area contributed by atoms with Crippen molar-refractivity contribution in [3.8, 4) is 11.1 Å². The van der Waals surface area contributed by atoms with Crippen LogP contribution in [0.15, 0.2) is 36.4 Å². The van der Waals surface area contributed by atoms with Gasteiger partial charge in [0.2, 0.25) is 0 Å². The molecule has 1 nitrogen and oxygen atoms in total. The minimum absolute atomic E-state index is 0.291. The Morgan fingerprint density at radius 1 is 1.18 bits per heavy atom. The fraction of sp³-hybridized carbons (Fsp3) is 0.143. The van der Waals surface area contributed by atoms with Gasteiger partial charge < -0.3 is 5.73 Å². The van der Waals surface area contributed by atoms with Crippen molar-refractivity contribution in [2.45, 2.75) is 13.5 Å². The van der Waals surface area contributed by atoms with E-state index >= 15 is 0 Å². The Labute approximate surface area is 105 Å². The van der Waals surface area contributed by atoms with E-state index in [1.807, 2.05) is 25.1 Å². The van der Waals surface area contributed by atoms with E-state index in [-0.39, 0.29) is 5.82 Å². The summed E-state index contributed by atoms with van der Waals surface area (Å²) in [6.07, 6.45) is 0. The van der Waals surface area contributed by atoms with Crippen LogP contribution in [0.1, 0.15) is 11.1 Å². The number of nitrogens with two attached hydrogens (primary N) is 1. The molecule has 0 spiro atoms. The van der Waals surface area contributed by atoms with E-state index in [2.05, 4.69) is 0 Å². The monoisotopic (exact) mass is 249 g/mol. The van der Waals surface area contributed by atoms with Crippen molar-refractivity contribution >= 4 is 11.6 Å². The van der Waals surface area contributed by atoms with Crippen molar-refractivity contribution in [3.05, 3.63) is 58.4 Å². The highest BCUT2D eigenvalue weighted by Crippen LogP contribution is 2.30. The molecule has 0 amide bonds. The van der Waals surface area contributed by atoms with E-state index in [9.17, 15) is 4.39 Å². The highest BCUT2D eigenvalue weighted by Gasteiger charge is 2.06. The topological polar surface area (TPSA) is 26.0 Å². The molecule has 0 aliphatic rings. The van der Waals surface area contributed by atoms with Gasteiger partial charge in [-0.2, -0.15) is 0 Å². The molecule has 2 N–H and O–H groups in total. The number of benzene rings is 2. The fourth-order valence-electron chi connectivity index (χ4n) is 1.85. The van der Waals surface area contributed by atoms with Gasteiger partial charge >= 0.3 is 0 Å². The SMILES string of the molecule is Cc1cc(CN)cc(-c2cc(F)ccc2Cl)c1. The lowest BCUT2D eigenvalue weighted by atomic mass is 10.00. The smallest absolute Gasteiger partial charge is 0.123 e. The highest BCUT2D eigenvalue weighted by molar-refractivity contribution is 6.33. The van der Waals surface area contributed by atoms with E-state index in [1.165, 1.54) is 12.1 Å². The Bertz CT molecular complexity index is 552. The predicted molar refractivity (Wildman–Crippen MR) is 69.5 cm³/mol. The van der Waals surface area contributed by atoms with E-state index in [1.54, 1.807) is 6.07 Å². The van der Waals surface area contributed by atoms with Crippen LogP contribution in [0, 0.1) is 12.7 Å². The maximum absolute atomic E-state index is 13.2. The number of halogens is 2. The molecular weight excluding hydrogens is 237 g/mol. The molecule has 17 heavy (non-hydrogen) atoms. The van der Waals surface area contributed by atoms with Crippen LogP contribution >= 0.6 is 11.6 Å². The van der Waals surface area contributed by atoms with Gasteiger partial charge in [-0.3, -0.25) is 0 Å². The summed E-state index contributed by atoms with van der Waals surface area (Å²) in [5.41, 5.74) is 9.32. The normalized spacial score (nSPS) is 10.6. The Hall–Kier alpha value is -1.38. The number of hydrogen-bond acceptors (Lipinski definition) is 1. The van der Waals surface area contributed by atoms with Crippen molar-refractivity contribution in [2.75, 3.05) is 0 Å². The molecule has 0 saturated carbocycles. The summed E-state index contributed by atoms with van der Waals surface area (Å²) in [5, 5.41) is 0.542. The predicted octanol–water partition coefficient (Wildman–Crippen LogP) is 3.91. The summed E-state index contributed by atoms with van der Waals surface area (Å²) in [6, 6.07) is 10.3. The minimum atomic E-state index is -0.291. The maximum Gasteiger partial charge on any atom is 0.123 e. The summed E-state index contributed by atoms with van der Waals surface area (Å²) < 4.78 is 13.2. The number of hydrogen-bond donors (Lipinski definition) is 1. The largest absolute Gasteiger partial charge is 0.326 e. The summed E-state index contributed by atoms with van der Waals surface area (Å²) in [7, 11) is 0. The molecule has 0 aromatic heterocycles.